The zero-order valence-corrected chi connectivity index (χ0v) is 12.5. The Balaban J connectivity index is 1.75. The summed E-state index contributed by atoms with van der Waals surface area (Å²) in [6.45, 7) is 9.50. The van der Waals surface area contributed by atoms with E-state index in [1.165, 1.54) is 0 Å². The number of ether oxygens (including phenoxy) is 3. The van der Waals surface area contributed by atoms with Crippen LogP contribution in [0.5, 0.6) is 11.5 Å². The van der Waals surface area contributed by atoms with Crippen molar-refractivity contribution in [3.8, 4) is 11.5 Å². The summed E-state index contributed by atoms with van der Waals surface area (Å²) in [6.07, 6.45) is 1.24. The molecule has 1 atom stereocenters. The SMILES string of the molecule is CC[C@@H](C)Oc1cccc(OCCN2CCOCC2)c1. The van der Waals surface area contributed by atoms with E-state index in [-0.39, 0.29) is 6.10 Å². The number of hydrogen-bond donors (Lipinski definition) is 0. The van der Waals surface area contributed by atoms with Crippen molar-refractivity contribution in [2.45, 2.75) is 26.4 Å². The summed E-state index contributed by atoms with van der Waals surface area (Å²) in [5, 5.41) is 0. The maximum absolute atomic E-state index is 5.80. The normalized spacial score (nSPS) is 17.7. The molecule has 0 N–H and O–H groups in total. The second kappa shape index (κ2) is 8.12. The Hall–Kier alpha value is -1.26. The lowest BCUT2D eigenvalue weighted by Crippen LogP contribution is -2.38. The molecule has 4 nitrogen and oxygen atoms in total. The lowest BCUT2D eigenvalue weighted by Gasteiger charge is -2.26. The molecule has 1 aromatic carbocycles. The van der Waals surface area contributed by atoms with Crippen molar-refractivity contribution in [3.05, 3.63) is 24.3 Å². The van der Waals surface area contributed by atoms with Gasteiger partial charge in [-0.05, 0) is 25.5 Å². The average Bonchev–Trinajstić information content (AvgIpc) is 2.48. The van der Waals surface area contributed by atoms with Gasteiger partial charge in [0.15, 0.2) is 0 Å². The van der Waals surface area contributed by atoms with Gasteiger partial charge in [0.25, 0.3) is 0 Å². The van der Waals surface area contributed by atoms with Crippen molar-refractivity contribution in [1.82, 2.24) is 4.90 Å². The van der Waals surface area contributed by atoms with E-state index in [0.29, 0.717) is 6.61 Å². The van der Waals surface area contributed by atoms with Crippen LogP contribution in [-0.2, 0) is 4.74 Å². The van der Waals surface area contributed by atoms with E-state index in [1.54, 1.807) is 0 Å². The van der Waals surface area contributed by atoms with Crippen LogP contribution in [0.15, 0.2) is 24.3 Å². The third-order valence-electron chi connectivity index (χ3n) is 3.50. The van der Waals surface area contributed by atoms with Gasteiger partial charge in [-0.1, -0.05) is 13.0 Å². The fourth-order valence-corrected chi connectivity index (χ4v) is 2.07. The van der Waals surface area contributed by atoms with E-state index in [4.69, 9.17) is 14.2 Å². The minimum Gasteiger partial charge on any atom is -0.492 e. The summed E-state index contributed by atoms with van der Waals surface area (Å²) in [5.74, 6) is 1.75. The molecule has 112 valence electrons. The highest BCUT2D eigenvalue weighted by molar-refractivity contribution is 5.33. The lowest BCUT2D eigenvalue weighted by molar-refractivity contribution is 0.0322. The molecule has 1 aliphatic heterocycles. The van der Waals surface area contributed by atoms with Crippen LogP contribution in [0.25, 0.3) is 0 Å². The van der Waals surface area contributed by atoms with Crippen molar-refractivity contribution in [3.63, 3.8) is 0 Å². The standard InChI is InChI=1S/C16H25NO3/c1-3-14(2)20-16-6-4-5-15(13-16)19-12-9-17-7-10-18-11-8-17/h4-6,13-14H,3,7-12H2,1-2H3/t14-/m1/s1. The highest BCUT2D eigenvalue weighted by atomic mass is 16.5. The molecule has 4 heteroatoms. The molecule has 1 fully saturated rings. The summed E-state index contributed by atoms with van der Waals surface area (Å²) in [7, 11) is 0. The van der Waals surface area contributed by atoms with Crippen molar-refractivity contribution < 1.29 is 14.2 Å². The van der Waals surface area contributed by atoms with Crippen molar-refractivity contribution >= 4 is 0 Å². The number of nitrogens with zero attached hydrogens (tertiary/aromatic N) is 1. The average molecular weight is 279 g/mol. The smallest absolute Gasteiger partial charge is 0.123 e. The minimum atomic E-state index is 0.235. The zero-order valence-electron chi connectivity index (χ0n) is 12.5. The Bertz CT molecular complexity index is 391. The van der Waals surface area contributed by atoms with Gasteiger partial charge in [-0.25, -0.2) is 0 Å². The van der Waals surface area contributed by atoms with E-state index in [1.807, 2.05) is 24.3 Å². The third-order valence-corrected chi connectivity index (χ3v) is 3.50. The van der Waals surface area contributed by atoms with Gasteiger partial charge in [0.2, 0.25) is 0 Å². The van der Waals surface area contributed by atoms with E-state index in [2.05, 4.69) is 18.7 Å². The van der Waals surface area contributed by atoms with Gasteiger partial charge in [0.05, 0.1) is 19.3 Å². The number of benzene rings is 1. The van der Waals surface area contributed by atoms with Gasteiger partial charge in [0.1, 0.15) is 18.1 Å². The van der Waals surface area contributed by atoms with Crippen LogP contribution in [0.2, 0.25) is 0 Å². The fourth-order valence-electron chi connectivity index (χ4n) is 2.07. The first-order valence-corrected chi connectivity index (χ1v) is 7.47. The predicted molar refractivity (Wildman–Crippen MR) is 79.6 cm³/mol. The summed E-state index contributed by atoms with van der Waals surface area (Å²) in [5.41, 5.74) is 0. The topological polar surface area (TPSA) is 30.9 Å². The molecular formula is C16H25NO3. The van der Waals surface area contributed by atoms with Crippen LogP contribution in [0, 0.1) is 0 Å². The first-order chi connectivity index (χ1) is 9.78. The van der Waals surface area contributed by atoms with Crippen LogP contribution in [0.3, 0.4) is 0 Å². The molecule has 0 saturated carbocycles. The molecule has 2 rings (SSSR count). The van der Waals surface area contributed by atoms with E-state index < -0.39 is 0 Å². The number of rotatable bonds is 7. The third kappa shape index (κ3) is 5.02. The molecule has 1 saturated heterocycles. The number of hydrogen-bond acceptors (Lipinski definition) is 4. The molecule has 20 heavy (non-hydrogen) atoms. The van der Waals surface area contributed by atoms with Crippen molar-refractivity contribution in [2.75, 3.05) is 39.5 Å². The van der Waals surface area contributed by atoms with Crippen LogP contribution in [0.1, 0.15) is 20.3 Å². The molecule has 0 aliphatic carbocycles. The fraction of sp³-hybridized carbons (Fsp3) is 0.625. The van der Waals surface area contributed by atoms with Gasteiger partial charge in [-0.3, -0.25) is 4.90 Å². The first kappa shape index (κ1) is 15.1. The second-order valence-electron chi connectivity index (χ2n) is 5.11. The molecule has 0 amide bonds. The zero-order chi connectivity index (χ0) is 14.2. The van der Waals surface area contributed by atoms with Crippen LogP contribution in [-0.4, -0.2) is 50.5 Å². The van der Waals surface area contributed by atoms with E-state index in [0.717, 1.165) is 50.8 Å². The summed E-state index contributed by atoms with van der Waals surface area (Å²) >= 11 is 0. The van der Waals surface area contributed by atoms with Crippen LogP contribution >= 0.6 is 0 Å². The molecular weight excluding hydrogens is 254 g/mol. The van der Waals surface area contributed by atoms with Crippen molar-refractivity contribution in [2.24, 2.45) is 0 Å². The van der Waals surface area contributed by atoms with Gasteiger partial charge in [0, 0.05) is 25.7 Å². The largest absolute Gasteiger partial charge is 0.492 e. The van der Waals surface area contributed by atoms with E-state index in [9.17, 15) is 0 Å². The minimum absolute atomic E-state index is 0.235. The van der Waals surface area contributed by atoms with Crippen LogP contribution < -0.4 is 9.47 Å². The molecule has 0 radical (unpaired) electrons. The maximum Gasteiger partial charge on any atom is 0.123 e. The Kier molecular flexibility index (Phi) is 6.15. The molecule has 1 heterocycles. The molecule has 0 aromatic heterocycles. The van der Waals surface area contributed by atoms with Gasteiger partial charge in [-0.15, -0.1) is 0 Å². The molecule has 0 unspecified atom stereocenters. The van der Waals surface area contributed by atoms with E-state index >= 15 is 0 Å². The summed E-state index contributed by atoms with van der Waals surface area (Å²) in [6, 6.07) is 7.89. The highest BCUT2D eigenvalue weighted by Gasteiger charge is 2.10. The first-order valence-electron chi connectivity index (χ1n) is 7.47. The Morgan fingerprint density at radius 2 is 2.00 bits per heavy atom. The quantitative estimate of drug-likeness (QED) is 0.767. The lowest BCUT2D eigenvalue weighted by atomic mass is 10.3. The molecule has 1 aromatic rings. The maximum atomic E-state index is 5.80. The Morgan fingerprint density at radius 3 is 2.75 bits per heavy atom. The molecule has 0 spiro atoms. The summed E-state index contributed by atoms with van der Waals surface area (Å²) < 4.78 is 16.9. The Morgan fingerprint density at radius 1 is 1.25 bits per heavy atom. The second-order valence-corrected chi connectivity index (χ2v) is 5.11. The monoisotopic (exact) mass is 279 g/mol. The summed E-state index contributed by atoms with van der Waals surface area (Å²) in [4.78, 5) is 2.36. The van der Waals surface area contributed by atoms with Gasteiger partial charge < -0.3 is 14.2 Å². The highest BCUT2D eigenvalue weighted by Crippen LogP contribution is 2.21. The Labute approximate surface area is 121 Å². The predicted octanol–water partition coefficient (Wildman–Crippen LogP) is 2.57. The van der Waals surface area contributed by atoms with Crippen molar-refractivity contribution in [1.29, 1.82) is 0 Å². The molecule has 1 aliphatic rings. The number of morpholine rings is 1. The van der Waals surface area contributed by atoms with Gasteiger partial charge in [-0.2, -0.15) is 0 Å². The van der Waals surface area contributed by atoms with Crippen LogP contribution in [0.4, 0.5) is 0 Å². The molecule has 0 bridgehead atoms. The van der Waals surface area contributed by atoms with Gasteiger partial charge >= 0.3 is 0 Å².